The minimum absolute atomic E-state index is 0.00727. The van der Waals surface area contributed by atoms with Crippen LogP contribution in [0.1, 0.15) is 25.7 Å². The fraction of sp³-hybridized carbons (Fsp3) is 0.900. The molecule has 2 heterocycles. The van der Waals surface area contributed by atoms with E-state index in [0.29, 0.717) is 0 Å². The molecule has 8 atom stereocenters. The van der Waals surface area contributed by atoms with E-state index in [2.05, 4.69) is 39.3 Å². The summed E-state index contributed by atoms with van der Waals surface area (Å²) in [7, 11) is -3.92. The van der Waals surface area contributed by atoms with Crippen molar-refractivity contribution < 1.29 is 27.9 Å². The lowest BCUT2D eigenvalue weighted by molar-refractivity contribution is -0.159. The molecule has 0 amide bonds. The molecule has 4 aliphatic rings. The van der Waals surface area contributed by atoms with Crippen LogP contribution in [0, 0.1) is 23.7 Å². The summed E-state index contributed by atoms with van der Waals surface area (Å²) in [6.07, 6.45) is 2.47. The first-order valence-corrected chi connectivity index (χ1v) is 17.5. The first-order chi connectivity index (χ1) is 12.9. The smallest absolute Gasteiger partial charge is 0.309 e. The van der Waals surface area contributed by atoms with Crippen LogP contribution in [0.5, 0.6) is 0 Å². The Morgan fingerprint density at radius 1 is 0.714 bits per heavy atom. The third kappa shape index (κ3) is 3.73. The second-order valence-corrected chi connectivity index (χ2v) is 19.8. The Labute approximate surface area is 169 Å². The highest BCUT2D eigenvalue weighted by atomic mass is 28.4. The molecule has 4 rings (SSSR count). The average Bonchev–Trinajstić information content (AvgIpc) is 2.79. The van der Waals surface area contributed by atoms with Crippen LogP contribution < -0.4 is 0 Å². The molecule has 0 bridgehead atoms. The predicted octanol–water partition coefficient (Wildman–Crippen LogP) is 3.33. The standard InChI is InChI=1S/C20H34O6Si2/c1-27(2,3)25-17(15-11-7-9-13(11)19(21)23-15)18(26-28(4,5)6)16-12-8-10-14(12)20(22)24-16/h11-18H,7-10H2,1-6H3/t11-,12-,13+,14+,15-,16-,17-,18-/m1/s1. The van der Waals surface area contributed by atoms with Gasteiger partial charge in [0.2, 0.25) is 0 Å². The van der Waals surface area contributed by atoms with Crippen LogP contribution in [0.4, 0.5) is 0 Å². The second-order valence-electron chi connectivity index (χ2n) is 10.9. The van der Waals surface area contributed by atoms with Gasteiger partial charge < -0.3 is 18.3 Å². The highest BCUT2D eigenvalue weighted by Crippen LogP contribution is 2.50. The second kappa shape index (κ2) is 6.92. The Morgan fingerprint density at radius 2 is 1.07 bits per heavy atom. The van der Waals surface area contributed by atoms with Crippen molar-refractivity contribution in [1.82, 2.24) is 0 Å². The maximum absolute atomic E-state index is 12.3. The SMILES string of the molecule is C[Si](C)(C)O[C@@H]([C@H](O[Si](C)(C)C)[C@@H]1OC(=O)[C@H]2CC[C@@H]12)[C@@H]1OC(=O)[C@H]2CC[C@@H]12. The number of fused-ring (bicyclic) bond motifs is 2. The summed E-state index contributed by atoms with van der Waals surface area (Å²) < 4.78 is 25.1. The highest BCUT2D eigenvalue weighted by Gasteiger charge is 2.60. The number of carbonyl (C=O) groups is 2. The molecule has 2 aliphatic carbocycles. The molecule has 0 unspecified atom stereocenters. The van der Waals surface area contributed by atoms with E-state index in [1.165, 1.54) is 0 Å². The van der Waals surface area contributed by atoms with E-state index in [9.17, 15) is 9.59 Å². The summed E-state index contributed by atoms with van der Waals surface area (Å²) in [5, 5.41) is 0. The molecule has 0 aromatic carbocycles. The molecule has 0 spiro atoms. The number of esters is 2. The minimum atomic E-state index is -1.96. The number of rotatable bonds is 7. The van der Waals surface area contributed by atoms with Gasteiger partial charge in [0, 0.05) is 11.8 Å². The zero-order valence-corrected chi connectivity index (χ0v) is 19.9. The predicted molar refractivity (Wildman–Crippen MR) is 109 cm³/mol. The maximum atomic E-state index is 12.3. The van der Waals surface area contributed by atoms with Gasteiger partial charge >= 0.3 is 11.9 Å². The van der Waals surface area contributed by atoms with Gasteiger partial charge in [0.1, 0.15) is 24.4 Å². The van der Waals surface area contributed by atoms with E-state index in [4.69, 9.17) is 18.3 Å². The van der Waals surface area contributed by atoms with Gasteiger partial charge in [-0.25, -0.2) is 0 Å². The van der Waals surface area contributed by atoms with Crippen molar-refractivity contribution in [2.24, 2.45) is 23.7 Å². The number of carbonyl (C=O) groups excluding carboxylic acids is 2. The molecule has 6 nitrogen and oxygen atoms in total. The fourth-order valence-corrected chi connectivity index (χ4v) is 7.29. The Balaban J connectivity index is 1.66. The van der Waals surface area contributed by atoms with Crippen molar-refractivity contribution in [2.75, 3.05) is 0 Å². The van der Waals surface area contributed by atoms with Crippen LogP contribution >= 0.6 is 0 Å². The van der Waals surface area contributed by atoms with Gasteiger partial charge in [-0.3, -0.25) is 9.59 Å². The van der Waals surface area contributed by atoms with E-state index in [1.54, 1.807) is 0 Å². The lowest BCUT2D eigenvalue weighted by atomic mass is 9.68. The average molecular weight is 427 g/mol. The first kappa shape index (κ1) is 20.6. The third-order valence-corrected chi connectivity index (χ3v) is 8.52. The van der Waals surface area contributed by atoms with Crippen molar-refractivity contribution in [1.29, 1.82) is 0 Å². The molecule has 2 aliphatic heterocycles. The molecular weight excluding hydrogens is 392 g/mol. The Bertz CT molecular complexity index is 598. The summed E-state index contributed by atoms with van der Waals surface area (Å²) in [4.78, 5) is 24.7. The van der Waals surface area contributed by atoms with Gasteiger partial charge in [-0.15, -0.1) is 0 Å². The summed E-state index contributed by atoms with van der Waals surface area (Å²) in [5.41, 5.74) is 0. The molecule has 0 radical (unpaired) electrons. The van der Waals surface area contributed by atoms with E-state index >= 15 is 0 Å². The van der Waals surface area contributed by atoms with Gasteiger partial charge in [-0.1, -0.05) is 0 Å². The summed E-state index contributed by atoms with van der Waals surface area (Å²) in [6.45, 7) is 12.9. The van der Waals surface area contributed by atoms with Gasteiger partial charge in [-0.2, -0.15) is 0 Å². The Hall–Kier alpha value is -0.706. The topological polar surface area (TPSA) is 71.1 Å². The number of cyclic esters (lactones) is 2. The Kier molecular flexibility index (Phi) is 5.08. The third-order valence-electron chi connectivity index (χ3n) is 6.56. The van der Waals surface area contributed by atoms with Crippen molar-refractivity contribution in [2.45, 2.75) is 89.4 Å². The zero-order valence-electron chi connectivity index (χ0n) is 17.9. The van der Waals surface area contributed by atoms with E-state index < -0.39 is 16.6 Å². The summed E-state index contributed by atoms with van der Waals surface area (Å²) in [5.74, 6) is 0.233. The molecular formula is C20H34O6Si2. The number of hydrogen-bond donors (Lipinski definition) is 0. The number of ether oxygens (including phenoxy) is 2. The highest BCUT2D eigenvalue weighted by molar-refractivity contribution is 6.70. The molecule has 158 valence electrons. The van der Waals surface area contributed by atoms with Crippen LogP contribution in [0.25, 0.3) is 0 Å². The zero-order chi connectivity index (χ0) is 20.4. The van der Waals surface area contributed by atoms with E-state index in [1.807, 2.05) is 0 Å². The molecule has 28 heavy (non-hydrogen) atoms. The fourth-order valence-electron chi connectivity index (χ4n) is 5.12. The quantitative estimate of drug-likeness (QED) is 0.459. The van der Waals surface area contributed by atoms with Crippen LogP contribution in [0.3, 0.4) is 0 Å². The van der Waals surface area contributed by atoms with Crippen molar-refractivity contribution >= 4 is 28.6 Å². The van der Waals surface area contributed by atoms with Crippen molar-refractivity contribution in [3.63, 3.8) is 0 Å². The molecule has 0 aromatic heterocycles. The van der Waals surface area contributed by atoms with Crippen LogP contribution in [0.15, 0.2) is 0 Å². The molecule has 4 fully saturated rings. The van der Waals surface area contributed by atoms with Gasteiger partial charge in [0.15, 0.2) is 16.6 Å². The summed E-state index contributed by atoms with van der Waals surface area (Å²) in [6, 6.07) is 0. The first-order valence-electron chi connectivity index (χ1n) is 10.7. The monoisotopic (exact) mass is 426 g/mol. The van der Waals surface area contributed by atoms with Crippen LogP contribution in [0.2, 0.25) is 39.3 Å². The van der Waals surface area contributed by atoms with Gasteiger partial charge in [0.05, 0.1) is 11.8 Å². The molecule has 2 saturated carbocycles. The van der Waals surface area contributed by atoms with Crippen molar-refractivity contribution in [3.8, 4) is 0 Å². The Morgan fingerprint density at radius 3 is 1.29 bits per heavy atom. The molecule has 2 saturated heterocycles. The summed E-state index contributed by atoms with van der Waals surface area (Å²) >= 11 is 0. The van der Waals surface area contributed by atoms with Gasteiger partial charge in [0.25, 0.3) is 0 Å². The largest absolute Gasteiger partial charge is 0.459 e. The maximum Gasteiger partial charge on any atom is 0.309 e. The normalized spacial score (nSPS) is 39.2. The van der Waals surface area contributed by atoms with Crippen LogP contribution in [-0.2, 0) is 27.9 Å². The van der Waals surface area contributed by atoms with Crippen molar-refractivity contribution in [3.05, 3.63) is 0 Å². The van der Waals surface area contributed by atoms with E-state index in [-0.39, 0.29) is 60.0 Å². The van der Waals surface area contributed by atoms with Gasteiger partial charge in [-0.05, 0) is 65.0 Å². The van der Waals surface area contributed by atoms with Crippen LogP contribution in [-0.4, -0.2) is 53.0 Å². The lowest BCUT2D eigenvalue weighted by Crippen LogP contribution is -2.58. The van der Waals surface area contributed by atoms with E-state index in [0.717, 1.165) is 25.7 Å². The minimum Gasteiger partial charge on any atom is -0.459 e. The molecule has 0 N–H and O–H groups in total. The molecule has 8 heteroatoms. The number of hydrogen-bond acceptors (Lipinski definition) is 6. The lowest BCUT2D eigenvalue weighted by Gasteiger charge is -2.44. The molecule has 0 aromatic rings.